The number of aromatic carboxylic acids is 1. The normalized spacial score (nSPS) is 18.2. The van der Waals surface area contributed by atoms with E-state index in [1.165, 1.54) is 0 Å². The van der Waals surface area contributed by atoms with Gasteiger partial charge in [0.15, 0.2) is 0 Å². The minimum atomic E-state index is -1.01. The monoisotopic (exact) mass is 308 g/mol. The third kappa shape index (κ3) is 3.32. The molecule has 1 fully saturated rings. The summed E-state index contributed by atoms with van der Waals surface area (Å²) in [6.45, 7) is 7.14. The van der Waals surface area contributed by atoms with Gasteiger partial charge in [0, 0.05) is 25.4 Å². The number of carboxylic acids is 1. The van der Waals surface area contributed by atoms with Crippen LogP contribution in [0.5, 0.6) is 0 Å². The molecule has 2 N–H and O–H groups in total. The van der Waals surface area contributed by atoms with Gasteiger partial charge in [-0.15, -0.1) is 0 Å². The molecule has 1 unspecified atom stereocenters. The first-order valence-corrected chi connectivity index (χ1v) is 7.79. The van der Waals surface area contributed by atoms with E-state index < -0.39 is 5.97 Å². The molecule has 1 saturated heterocycles. The summed E-state index contributed by atoms with van der Waals surface area (Å²) >= 11 is 0. The van der Waals surface area contributed by atoms with Crippen LogP contribution >= 0.6 is 0 Å². The Morgan fingerprint density at radius 3 is 2.59 bits per heavy atom. The zero-order valence-corrected chi connectivity index (χ0v) is 13.4. The van der Waals surface area contributed by atoms with Crippen LogP contribution in [-0.4, -0.2) is 52.7 Å². The first-order valence-electron chi connectivity index (χ1n) is 7.79. The highest BCUT2D eigenvalue weighted by atomic mass is 16.5. The van der Waals surface area contributed by atoms with Crippen molar-refractivity contribution >= 4 is 11.9 Å². The van der Waals surface area contributed by atoms with E-state index in [-0.39, 0.29) is 17.6 Å². The second kappa shape index (κ2) is 6.96. The molecule has 0 spiro atoms. The number of nitrogens with one attached hydrogen (secondary N) is 1. The lowest BCUT2D eigenvalue weighted by atomic mass is 10.1. The summed E-state index contributed by atoms with van der Waals surface area (Å²) in [6.07, 6.45) is 3.24. The summed E-state index contributed by atoms with van der Waals surface area (Å²) in [7, 11) is 0. The van der Waals surface area contributed by atoms with Gasteiger partial charge in [-0.05, 0) is 45.6 Å². The topological polar surface area (TPSA) is 82.6 Å². The van der Waals surface area contributed by atoms with Crippen LogP contribution in [-0.2, 0) is 4.74 Å². The maximum atomic E-state index is 12.7. The Kier molecular flexibility index (Phi) is 5.24. The van der Waals surface area contributed by atoms with E-state index in [0.29, 0.717) is 30.0 Å². The number of aromatic amines is 1. The summed E-state index contributed by atoms with van der Waals surface area (Å²) in [5.41, 5.74) is 1.57. The lowest BCUT2D eigenvalue weighted by Gasteiger charge is -2.29. The number of rotatable bonds is 5. The fourth-order valence-corrected chi connectivity index (χ4v) is 3.00. The maximum absolute atomic E-state index is 12.7. The molecule has 1 aromatic rings. The lowest BCUT2D eigenvalue weighted by molar-refractivity contribution is -0.00323. The van der Waals surface area contributed by atoms with Gasteiger partial charge >= 0.3 is 5.97 Å². The highest BCUT2D eigenvalue weighted by Gasteiger charge is 2.26. The van der Waals surface area contributed by atoms with Crippen LogP contribution in [0.4, 0.5) is 0 Å². The number of carbonyl (C=O) groups excluding carboxylic acids is 1. The van der Waals surface area contributed by atoms with Crippen molar-refractivity contribution in [1.29, 1.82) is 0 Å². The first-order chi connectivity index (χ1) is 10.5. The third-order valence-corrected chi connectivity index (χ3v) is 4.23. The Balaban J connectivity index is 2.17. The van der Waals surface area contributed by atoms with Gasteiger partial charge in [0.2, 0.25) is 0 Å². The number of carboxylic acid groups (broad SMARTS) is 1. The van der Waals surface area contributed by atoms with E-state index in [9.17, 15) is 14.7 Å². The molecule has 22 heavy (non-hydrogen) atoms. The highest BCUT2D eigenvalue weighted by Crippen LogP contribution is 2.21. The van der Waals surface area contributed by atoms with Gasteiger partial charge in [0.25, 0.3) is 5.91 Å². The van der Waals surface area contributed by atoms with Gasteiger partial charge in [-0.3, -0.25) is 4.79 Å². The molecule has 6 nitrogen and oxygen atoms in total. The average Bonchev–Trinajstić information content (AvgIpc) is 2.80. The fraction of sp³-hybridized carbons (Fsp3) is 0.625. The number of ether oxygens (including phenoxy) is 1. The number of nitrogens with zero attached hydrogens (tertiary/aromatic N) is 1. The zero-order valence-electron chi connectivity index (χ0n) is 13.4. The van der Waals surface area contributed by atoms with Crippen molar-refractivity contribution < 1.29 is 19.4 Å². The van der Waals surface area contributed by atoms with Gasteiger partial charge < -0.3 is 19.7 Å². The number of aryl methyl sites for hydroxylation is 1. The van der Waals surface area contributed by atoms with Gasteiger partial charge in [0.05, 0.1) is 11.7 Å². The molecule has 0 bridgehead atoms. The van der Waals surface area contributed by atoms with Gasteiger partial charge in [-0.1, -0.05) is 0 Å². The van der Waals surface area contributed by atoms with Gasteiger partial charge in [-0.25, -0.2) is 4.79 Å². The van der Waals surface area contributed by atoms with E-state index in [4.69, 9.17) is 4.74 Å². The fourth-order valence-electron chi connectivity index (χ4n) is 3.00. The van der Waals surface area contributed by atoms with Crippen LogP contribution in [0.3, 0.4) is 0 Å². The second-order valence-electron chi connectivity index (χ2n) is 5.76. The quantitative estimate of drug-likeness (QED) is 0.875. The Bertz CT molecular complexity index is 559. The third-order valence-electron chi connectivity index (χ3n) is 4.23. The van der Waals surface area contributed by atoms with Crippen LogP contribution < -0.4 is 0 Å². The summed E-state index contributed by atoms with van der Waals surface area (Å²) in [5.74, 6) is -1.17. The van der Waals surface area contributed by atoms with Gasteiger partial charge in [-0.2, -0.15) is 0 Å². The molecule has 1 aliphatic rings. The van der Waals surface area contributed by atoms with Crippen molar-refractivity contribution in [2.24, 2.45) is 0 Å². The predicted octanol–water partition coefficient (Wildman–Crippen LogP) is 2.36. The molecule has 122 valence electrons. The Labute approximate surface area is 130 Å². The summed E-state index contributed by atoms with van der Waals surface area (Å²) < 4.78 is 5.70. The summed E-state index contributed by atoms with van der Waals surface area (Å²) in [4.78, 5) is 28.6. The molecule has 0 saturated carbocycles. The highest BCUT2D eigenvalue weighted by molar-refractivity contribution is 5.99. The molecule has 0 aromatic carbocycles. The SMILES string of the molecule is CCN(CC1CCCCO1)C(=O)c1[nH]c(C)c(C(=O)O)c1C. The van der Waals surface area contributed by atoms with E-state index in [1.54, 1.807) is 18.7 Å². The average molecular weight is 308 g/mol. The Hall–Kier alpha value is -1.82. The number of H-pyrrole nitrogens is 1. The maximum Gasteiger partial charge on any atom is 0.337 e. The number of likely N-dealkylation sites (N-methyl/N-ethyl adjacent to an activating group) is 1. The largest absolute Gasteiger partial charge is 0.478 e. The van der Waals surface area contributed by atoms with Crippen LogP contribution in [0.2, 0.25) is 0 Å². The number of hydrogen-bond acceptors (Lipinski definition) is 3. The molecule has 1 amide bonds. The second-order valence-corrected chi connectivity index (χ2v) is 5.76. The van der Waals surface area contributed by atoms with E-state index in [0.717, 1.165) is 25.9 Å². The van der Waals surface area contributed by atoms with Crippen molar-refractivity contribution in [3.63, 3.8) is 0 Å². The number of amides is 1. The van der Waals surface area contributed by atoms with Crippen molar-refractivity contribution in [3.8, 4) is 0 Å². The molecular weight excluding hydrogens is 284 g/mol. The Morgan fingerprint density at radius 2 is 2.09 bits per heavy atom. The molecule has 0 aliphatic carbocycles. The van der Waals surface area contributed by atoms with E-state index in [2.05, 4.69) is 4.98 Å². The zero-order chi connectivity index (χ0) is 16.3. The molecule has 1 aromatic heterocycles. The number of hydrogen-bond donors (Lipinski definition) is 2. The smallest absolute Gasteiger partial charge is 0.337 e. The lowest BCUT2D eigenvalue weighted by Crippen LogP contribution is -2.40. The molecule has 1 aliphatic heterocycles. The van der Waals surface area contributed by atoms with Crippen LogP contribution in [0.1, 0.15) is 58.3 Å². The van der Waals surface area contributed by atoms with Crippen molar-refractivity contribution in [2.45, 2.75) is 46.1 Å². The minimum absolute atomic E-state index is 0.0768. The Morgan fingerprint density at radius 1 is 1.36 bits per heavy atom. The predicted molar refractivity (Wildman–Crippen MR) is 82.4 cm³/mol. The molecular formula is C16H24N2O4. The summed E-state index contributed by atoms with van der Waals surface area (Å²) in [6, 6.07) is 0. The molecule has 2 heterocycles. The minimum Gasteiger partial charge on any atom is -0.478 e. The standard InChI is InChI=1S/C16H24N2O4/c1-4-18(9-12-7-5-6-8-22-12)15(19)14-10(2)13(16(20)21)11(3)17-14/h12,17H,4-9H2,1-3H3,(H,20,21). The molecule has 0 radical (unpaired) electrons. The first kappa shape index (κ1) is 16.5. The molecule has 2 rings (SSSR count). The van der Waals surface area contributed by atoms with Crippen molar-refractivity contribution in [1.82, 2.24) is 9.88 Å². The van der Waals surface area contributed by atoms with Crippen LogP contribution in [0.15, 0.2) is 0 Å². The molecule has 6 heteroatoms. The molecule has 1 atom stereocenters. The van der Waals surface area contributed by atoms with Crippen molar-refractivity contribution in [3.05, 3.63) is 22.5 Å². The van der Waals surface area contributed by atoms with E-state index in [1.807, 2.05) is 6.92 Å². The van der Waals surface area contributed by atoms with Crippen LogP contribution in [0, 0.1) is 13.8 Å². The number of carbonyl (C=O) groups is 2. The van der Waals surface area contributed by atoms with Crippen molar-refractivity contribution in [2.75, 3.05) is 19.7 Å². The van der Waals surface area contributed by atoms with E-state index >= 15 is 0 Å². The van der Waals surface area contributed by atoms with Crippen LogP contribution in [0.25, 0.3) is 0 Å². The summed E-state index contributed by atoms with van der Waals surface area (Å²) in [5, 5.41) is 9.23. The van der Waals surface area contributed by atoms with Gasteiger partial charge in [0.1, 0.15) is 5.69 Å². The number of aromatic nitrogens is 1.